The van der Waals surface area contributed by atoms with Crippen molar-refractivity contribution in [2.24, 2.45) is 0 Å². The molecule has 0 radical (unpaired) electrons. The Morgan fingerprint density at radius 1 is 0.475 bits per heavy atom. The van der Waals surface area contributed by atoms with Crippen molar-refractivity contribution in [2.75, 3.05) is 31.0 Å². The fourth-order valence-corrected chi connectivity index (χ4v) is 7.18. The van der Waals surface area contributed by atoms with Gasteiger partial charge in [0.15, 0.2) is 24.8 Å². The summed E-state index contributed by atoms with van der Waals surface area (Å²) < 4.78 is 15.2. The van der Waals surface area contributed by atoms with Gasteiger partial charge in [-0.25, -0.2) is 13.9 Å². The molecule has 0 bridgehead atoms. The van der Waals surface area contributed by atoms with Crippen LogP contribution in [-0.2, 0) is 33.8 Å². The molecule has 0 aliphatic rings. The molecule has 324 valence electrons. The molecule has 4 rings (SSSR count). The Hall–Kier alpha value is -4.56. The van der Waals surface area contributed by atoms with Crippen LogP contribution in [0.4, 0.5) is 16.2 Å². The molecule has 0 spiro atoms. The van der Waals surface area contributed by atoms with Gasteiger partial charge in [0, 0.05) is 69.1 Å². The van der Waals surface area contributed by atoms with E-state index < -0.39 is 6.09 Å². The Morgan fingerprint density at radius 2 is 0.831 bits per heavy atom. The monoisotopic (exact) mass is 811 g/mol. The van der Waals surface area contributed by atoms with Gasteiger partial charge in [-0.3, -0.25) is 10.1 Å². The molecule has 0 fully saturated rings. The largest absolute Gasteiger partial charge is 0.449 e. The molecule has 8 heteroatoms. The maximum atomic E-state index is 12.2. The summed E-state index contributed by atoms with van der Waals surface area (Å²) in [6.07, 6.45) is 31.9. The van der Waals surface area contributed by atoms with Crippen LogP contribution in [0, 0.1) is 0 Å². The minimum atomic E-state index is -0.405. The minimum absolute atomic E-state index is 0. The van der Waals surface area contributed by atoms with E-state index in [2.05, 4.69) is 68.8 Å². The first kappa shape index (κ1) is 50.6. The third-order valence-corrected chi connectivity index (χ3v) is 10.6. The number of nitrogens with one attached hydrogen (secondary N) is 2. The molecule has 2 amide bonds. The number of aryl methyl sites for hydroxylation is 2. The molecule has 4 aromatic rings. The van der Waals surface area contributed by atoms with Crippen molar-refractivity contribution in [3.05, 3.63) is 109 Å². The number of ether oxygens (including phenoxy) is 2. The van der Waals surface area contributed by atoms with Gasteiger partial charge >= 0.3 is 6.09 Å². The van der Waals surface area contributed by atoms with Gasteiger partial charge in [0.1, 0.15) is 13.1 Å². The summed E-state index contributed by atoms with van der Waals surface area (Å²) in [4.78, 5) is 23.4. The first-order chi connectivity index (χ1) is 28.0. The smallest absolute Gasteiger partial charge is 0.411 e. The molecule has 59 heavy (non-hydrogen) atoms. The van der Waals surface area contributed by atoms with Crippen LogP contribution in [0.3, 0.4) is 0 Å². The van der Waals surface area contributed by atoms with Gasteiger partial charge in [0.05, 0.1) is 6.61 Å². The van der Waals surface area contributed by atoms with E-state index in [1.807, 2.05) is 48.5 Å². The number of carbonyl (C=O) groups excluding carboxylic acids is 2. The summed E-state index contributed by atoms with van der Waals surface area (Å²) in [5, 5.41) is 5.61. The van der Waals surface area contributed by atoms with Gasteiger partial charge in [0.2, 0.25) is 5.91 Å². The van der Waals surface area contributed by atoms with Crippen LogP contribution in [0.1, 0.15) is 148 Å². The molecule has 0 saturated carbocycles. The molecular formula is C51H78N4O4+2. The highest BCUT2D eigenvalue weighted by Gasteiger charge is 2.08. The summed E-state index contributed by atoms with van der Waals surface area (Å²) in [6, 6.07) is 24.6. The van der Waals surface area contributed by atoms with Crippen LogP contribution in [-0.4, -0.2) is 32.3 Å². The second kappa shape index (κ2) is 31.4. The molecule has 0 unspecified atom stereocenters. The van der Waals surface area contributed by atoms with E-state index in [0.717, 1.165) is 61.5 Å². The Morgan fingerprint density at radius 3 is 1.22 bits per heavy atom. The molecule has 0 aliphatic carbocycles. The first-order valence-electron chi connectivity index (χ1n) is 21.9. The molecule has 0 atom stereocenters. The zero-order valence-corrected chi connectivity index (χ0v) is 35.0. The lowest BCUT2D eigenvalue weighted by molar-refractivity contribution is -0.697. The van der Waals surface area contributed by atoms with E-state index in [4.69, 9.17) is 9.47 Å². The summed E-state index contributed by atoms with van der Waals surface area (Å²) >= 11 is 0. The number of rotatable bonds is 29. The standard InChI is InChI=1S/C49H68N4O4.2CH4/c1-42(54)50-47-25-21-43(22-26-47)41-44-23-27-48(28-24-44)51-49(55)57-40-20-16-12-8-4-6-10-14-18-34-53-37-31-46(32-38-53)45-29-35-52(36-30-45)33-17-13-9-5-3-7-11-15-19-39-56-2;;/h21-32,35-38H,3-20,33-34,39-41H2,1-2H3;2*1H4/p+2. The van der Waals surface area contributed by atoms with Crippen LogP contribution in [0.25, 0.3) is 11.1 Å². The molecule has 2 heterocycles. The lowest BCUT2D eigenvalue weighted by atomic mass is 10.0. The molecule has 2 aromatic heterocycles. The van der Waals surface area contributed by atoms with Crippen molar-refractivity contribution in [1.29, 1.82) is 0 Å². The zero-order chi connectivity index (χ0) is 40.2. The molecule has 0 saturated heterocycles. The molecule has 2 N–H and O–H groups in total. The van der Waals surface area contributed by atoms with Crippen LogP contribution in [0.15, 0.2) is 97.6 Å². The van der Waals surface area contributed by atoms with Crippen LogP contribution in [0.5, 0.6) is 0 Å². The number of amides is 2. The van der Waals surface area contributed by atoms with Crippen LogP contribution >= 0.6 is 0 Å². The summed E-state index contributed by atoms with van der Waals surface area (Å²) in [6.45, 7) is 5.02. The molecular weight excluding hydrogens is 733 g/mol. The van der Waals surface area contributed by atoms with E-state index in [0.29, 0.717) is 6.61 Å². The lowest BCUT2D eigenvalue weighted by Crippen LogP contribution is -2.33. The van der Waals surface area contributed by atoms with Gasteiger partial charge in [-0.05, 0) is 78.6 Å². The third-order valence-electron chi connectivity index (χ3n) is 10.6. The molecule has 2 aromatic carbocycles. The lowest BCUT2D eigenvalue weighted by Gasteiger charge is -2.09. The van der Waals surface area contributed by atoms with Crippen LogP contribution in [0.2, 0.25) is 0 Å². The predicted molar refractivity (Wildman–Crippen MR) is 246 cm³/mol. The average molecular weight is 811 g/mol. The van der Waals surface area contributed by atoms with Gasteiger partial charge in [-0.1, -0.05) is 116 Å². The van der Waals surface area contributed by atoms with Gasteiger partial charge in [-0.2, -0.15) is 0 Å². The Labute approximate surface area is 358 Å². The van der Waals surface area contributed by atoms with Crippen molar-refractivity contribution in [3.8, 4) is 11.1 Å². The average Bonchev–Trinajstić information content (AvgIpc) is 3.22. The van der Waals surface area contributed by atoms with Gasteiger partial charge in [-0.15, -0.1) is 0 Å². The maximum Gasteiger partial charge on any atom is 0.411 e. The summed E-state index contributed by atoms with van der Waals surface area (Å²) in [5.74, 6) is -0.0793. The first-order valence-corrected chi connectivity index (χ1v) is 21.9. The topological polar surface area (TPSA) is 84.4 Å². The second-order valence-electron chi connectivity index (χ2n) is 15.5. The highest BCUT2D eigenvalue weighted by atomic mass is 16.5. The highest BCUT2D eigenvalue weighted by molar-refractivity contribution is 5.88. The number of hydrogen-bond acceptors (Lipinski definition) is 4. The quantitative estimate of drug-likeness (QED) is 0.0422. The van der Waals surface area contributed by atoms with E-state index >= 15 is 0 Å². The number of carbonyl (C=O) groups is 2. The fourth-order valence-electron chi connectivity index (χ4n) is 7.18. The number of anilines is 2. The van der Waals surface area contributed by atoms with Crippen molar-refractivity contribution < 1.29 is 28.2 Å². The number of methoxy groups -OCH3 is 1. The predicted octanol–water partition coefficient (Wildman–Crippen LogP) is 12.7. The van der Waals surface area contributed by atoms with Crippen LogP contribution < -0.4 is 19.8 Å². The Bertz CT molecular complexity index is 1660. The molecule has 8 nitrogen and oxygen atoms in total. The Balaban J connectivity index is 0.00000600. The van der Waals surface area contributed by atoms with E-state index in [1.165, 1.54) is 121 Å². The minimum Gasteiger partial charge on any atom is -0.449 e. The number of unbranched alkanes of at least 4 members (excludes halogenated alkanes) is 16. The van der Waals surface area contributed by atoms with Crippen molar-refractivity contribution >= 4 is 23.4 Å². The number of hydrogen-bond donors (Lipinski definition) is 2. The maximum absolute atomic E-state index is 12.2. The van der Waals surface area contributed by atoms with Gasteiger partial charge in [0.25, 0.3) is 0 Å². The van der Waals surface area contributed by atoms with E-state index in [9.17, 15) is 9.59 Å². The van der Waals surface area contributed by atoms with Gasteiger partial charge < -0.3 is 14.8 Å². The highest BCUT2D eigenvalue weighted by Crippen LogP contribution is 2.18. The number of aromatic nitrogens is 2. The summed E-state index contributed by atoms with van der Waals surface area (Å²) in [5.41, 5.74) is 6.36. The van der Waals surface area contributed by atoms with Crippen molar-refractivity contribution in [1.82, 2.24) is 0 Å². The zero-order valence-electron chi connectivity index (χ0n) is 35.0. The number of nitrogens with zero attached hydrogens (tertiary/aromatic N) is 2. The fraction of sp³-hybridized carbons (Fsp3) is 0.529. The van der Waals surface area contributed by atoms with E-state index in [-0.39, 0.29) is 20.8 Å². The number of pyridine rings is 2. The van der Waals surface area contributed by atoms with E-state index in [1.54, 1.807) is 7.11 Å². The van der Waals surface area contributed by atoms with Crippen molar-refractivity contribution in [3.63, 3.8) is 0 Å². The second-order valence-corrected chi connectivity index (χ2v) is 15.5. The van der Waals surface area contributed by atoms with Crippen molar-refractivity contribution in [2.45, 2.75) is 157 Å². The SMILES string of the molecule is C.C.COCCCCCCCCCCC[n+]1ccc(-c2cc[n+](CCCCCCCCCCCOC(=O)Nc3ccc(Cc4ccc(NC(C)=O)cc4)cc3)cc2)cc1. The molecule has 0 aliphatic heterocycles. The third kappa shape index (κ3) is 22.4. The number of benzene rings is 2. The summed E-state index contributed by atoms with van der Waals surface area (Å²) in [7, 11) is 1.79. The Kier molecular flexibility index (Phi) is 26.9. The normalized spacial score (nSPS) is 10.7.